The summed E-state index contributed by atoms with van der Waals surface area (Å²) in [4.78, 5) is 2.58. The minimum absolute atomic E-state index is 0.0685. The second-order valence-electron chi connectivity index (χ2n) is 19.6. The lowest BCUT2D eigenvalue weighted by Gasteiger charge is -2.35. The average molecular weight is 836 g/mol. The quantitative estimate of drug-likeness (QED) is 0.162. The van der Waals surface area contributed by atoms with Crippen molar-refractivity contribution in [3.63, 3.8) is 0 Å². The van der Waals surface area contributed by atoms with Crippen molar-refractivity contribution in [3.8, 4) is 33.4 Å². The van der Waals surface area contributed by atoms with Crippen LogP contribution >= 0.6 is 0 Å². The molecular weight excluding hydrogens is 783 g/mol. The number of nitrogens with zero attached hydrogens (tertiary/aromatic N) is 1. The highest BCUT2D eigenvalue weighted by atomic mass is 15.2. The van der Waals surface area contributed by atoms with Crippen LogP contribution in [0.15, 0.2) is 239 Å². The molecule has 0 saturated carbocycles. The van der Waals surface area contributed by atoms with Crippen LogP contribution in [-0.2, 0) is 10.8 Å². The lowest BCUT2D eigenvalue weighted by molar-refractivity contribution is 0.659. The Morgan fingerprint density at radius 1 is 0.477 bits per heavy atom. The summed E-state index contributed by atoms with van der Waals surface area (Å²) >= 11 is 0. The summed E-state index contributed by atoms with van der Waals surface area (Å²) in [6.45, 7) is 4.77. The third-order valence-electron chi connectivity index (χ3n) is 15.9. The van der Waals surface area contributed by atoms with Crippen LogP contribution in [0.4, 0.5) is 11.4 Å². The fraction of sp³-hybridized carbons (Fsp3) is 0.188. The molecular formula is C64H53N. The fourth-order valence-corrected chi connectivity index (χ4v) is 12.9. The predicted octanol–water partition coefficient (Wildman–Crippen LogP) is 16.3. The van der Waals surface area contributed by atoms with Gasteiger partial charge in [0.05, 0.1) is 11.5 Å². The molecule has 6 aromatic carbocycles. The van der Waals surface area contributed by atoms with Gasteiger partial charge in [-0.2, -0.15) is 0 Å². The van der Waals surface area contributed by atoms with Crippen molar-refractivity contribution in [3.05, 3.63) is 261 Å². The highest BCUT2D eigenvalue weighted by molar-refractivity contribution is 5.91. The van der Waals surface area contributed by atoms with E-state index >= 15 is 0 Å². The summed E-state index contributed by atoms with van der Waals surface area (Å²) in [5, 5.41) is 0. The van der Waals surface area contributed by atoms with Crippen LogP contribution in [0.1, 0.15) is 81.0 Å². The van der Waals surface area contributed by atoms with Crippen molar-refractivity contribution in [1.82, 2.24) is 0 Å². The summed E-state index contributed by atoms with van der Waals surface area (Å²) < 4.78 is 0. The predicted molar refractivity (Wildman–Crippen MR) is 271 cm³/mol. The van der Waals surface area contributed by atoms with Gasteiger partial charge >= 0.3 is 0 Å². The van der Waals surface area contributed by atoms with Gasteiger partial charge in [0.15, 0.2) is 0 Å². The Balaban J connectivity index is 0.834. The smallest absolute Gasteiger partial charge is 0.0719 e. The number of hydrogen-bond donors (Lipinski definition) is 0. The van der Waals surface area contributed by atoms with E-state index in [1.54, 1.807) is 16.7 Å². The first-order valence-electron chi connectivity index (χ1n) is 24.0. The molecule has 1 heteroatoms. The molecule has 0 bridgehead atoms. The molecule has 1 spiro atoms. The minimum atomic E-state index is -0.232. The maximum atomic E-state index is 2.66. The monoisotopic (exact) mass is 835 g/mol. The summed E-state index contributed by atoms with van der Waals surface area (Å²) in [7, 11) is 0. The largest absolute Gasteiger partial charge is 0.334 e. The first-order chi connectivity index (χ1) is 32.0. The Kier molecular flexibility index (Phi) is 8.76. The Labute approximate surface area is 384 Å². The number of hydrogen-bond acceptors (Lipinski definition) is 1. The van der Waals surface area contributed by atoms with Gasteiger partial charge < -0.3 is 4.90 Å². The zero-order chi connectivity index (χ0) is 43.3. The average Bonchev–Trinajstić information content (AvgIpc) is 3.93. The molecule has 7 aliphatic carbocycles. The number of anilines is 2. The molecule has 1 nitrogen and oxygen atoms in total. The highest BCUT2D eigenvalue weighted by Crippen LogP contribution is 2.64. The van der Waals surface area contributed by atoms with Crippen LogP contribution in [0.5, 0.6) is 0 Å². The van der Waals surface area contributed by atoms with Crippen molar-refractivity contribution < 1.29 is 0 Å². The van der Waals surface area contributed by atoms with Crippen molar-refractivity contribution >= 4 is 11.4 Å². The summed E-state index contributed by atoms with van der Waals surface area (Å²) in [6, 6.07) is 54.8. The molecule has 65 heavy (non-hydrogen) atoms. The van der Waals surface area contributed by atoms with Crippen molar-refractivity contribution in [2.75, 3.05) is 4.90 Å². The van der Waals surface area contributed by atoms with Gasteiger partial charge in [0.1, 0.15) is 0 Å². The molecule has 0 aromatic heterocycles. The van der Waals surface area contributed by atoms with Crippen molar-refractivity contribution in [1.29, 1.82) is 0 Å². The Hall–Kier alpha value is -6.96. The lowest BCUT2D eigenvalue weighted by Crippen LogP contribution is -2.30. The Morgan fingerprint density at radius 3 is 1.85 bits per heavy atom. The number of benzene rings is 6. The maximum Gasteiger partial charge on any atom is 0.0719 e. The van der Waals surface area contributed by atoms with Crippen LogP contribution in [0.25, 0.3) is 33.4 Å². The molecule has 0 radical (unpaired) electrons. The molecule has 0 aliphatic heterocycles. The number of allylic oxidation sites excluding steroid dienone is 14. The minimum Gasteiger partial charge on any atom is -0.334 e. The first-order valence-corrected chi connectivity index (χ1v) is 24.0. The number of rotatable bonds is 6. The van der Waals surface area contributed by atoms with Gasteiger partial charge in [0, 0.05) is 16.8 Å². The van der Waals surface area contributed by atoms with E-state index in [2.05, 4.69) is 213 Å². The van der Waals surface area contributed by atoms with Crippen LogP contribution in [0.2, 0.25) is 0 Å². The molecule has 0 saturated heterocycles. The molecule has 1 unspecified atom stereocenters. The summed E-state index contributed by atoms with van der Waals surface area (Å²) in [6.07, 6.45) is 27.6. The standard InChI is InChI=1S/C64H53N/c1-63(2)57-23-10-6-19-51(57)55-38-36-50(41-61(55)63)65(48-32-27-43(28-33-48)42-15-4-3-5-16-42)49-34-29-44(30-35-49)45-17-14-18-46(39-45)47-31-37-56-54-22-9-13-26-60(54)64(62(56)40-47)58-24-11-7-20-52(58)53-21-8-12-25-59(53)64/h3-8,10-13,15-17,19-21,23-30,32-34,36,38-41,49H,9,14,18,22,31,35,37H2,1-2H3. The molecule has 0 fully saturated rings. The topological polar surface area (TPSA) is 3.24 Å². The second kappa shape index (κ2) is 14.8. The molecule has 0 N–H and O–H groups in total. The molecule has 1 atom stereocenters. The maximum absolute atomic E-state index is 2.66. The third kappa shape index (κ3) is 5.77. The van der Waals surface area contributed by atoms with Crippen LogP contribution in [0, 0.1) is 0 Å². The van der Waals surface area contributed by atoms with Crippen molar-refractivity contribution in [2.45, 2.75) is 75.7 Å². The molecule has 314 valence electrons. The normalized spacial score (nSPS) is 20.2. The van der Waals surface area contributed by atoms with Crippen LogP contribution in [-0.4, -0.2) is 6.04 Å². The van der Waals surface area contributed by atoms with E-state index in [0.29, 0.717) is 0 Å². The van der Waals surface area contributed by atoms with E-state index in [0.717, 1.165) is 44.9 Å². The van der Waals surface area contributed by atoms with Crippen LogP contribution in [0.3, 0.4) is 0 Å². The zero-order valence-corrected chi connectivity index (χ0v) is 37.4. The van der Waals surface area contributed by atoms with Gasteiger partial charge in [0.2, 0.25) is 0 Å². The Bertz CT molecular complexity index is 3190. The molecule has 0 heterocycles. The lowest BCUT2D eigenvalue weighted by atomic mass is 9.67. The van der Waals surface area contributed by atoms with Gasteiger partial charge in [0.25, 0.3) is 0 Å². The van der Waals surface area contributed by atoms with Crippen molar-refractivity contribution in [2.24, 2.45) is 0 Å². The van der Waals surface area contributed by atoms with Gasteiger partial charge in [-0.05, 0) is 169 Å². The highest BCUT2D eigenvalue weighted by Gasteiger charge is 2.53. The Morgan fingerprint density at radius 2 is 1.11 bits per heavy atom. The van der Waals surface area contributed by atoms with Gasteiger partial charge in [-0.3, -0.25) is 0 Å². The molecule has 0 amide bonds. The van der Waals surface area contributed by atoms with Gasteiger partial charge in [-0.15, -0.1) is 0 Å². The van der Waals surface area contributed by atoms with Gasteiger partial charge in [-0.25, -0.2) is 0 Å². The summed E-state index contributed by atoms with van der Waals surface area (Å²) in [5.41, 5.74) is 28.0. The van der Waals surface area contributed by atoms with E-state index in [4.69, 9.17) is 0 Å². The fourth-order valence-electron chi connectivity index (χ4n) is 12.9. The summed E-state index contributed by atoms with van der Waals surface area (Å²) in [5.74, 6) is 0. The van der Waals surface area contributed by atoms with Crippen LogP contribution < -0.4 is 4.90 Å². The number of fused-ring (bicyclic) bond motifs is 11. The van der Waals surface area contributed by atoms with Gasteiger partial charge in [-0.1, -0.05) is 184 Å². The SMILES string of the molecule is CC1(C)c2ccccc2-c2ccc(N(c3ccc(-c4ccccc4)cc3)C3C=CC(C4=CCCC(C5=CC6=C(CC5)C5=C(C=CCC5)C65c6ccccc6-c6ccccc65)=C4)=CC3)cc21. The van der Waals surface area contributed by atoms with E-state index in [-0.39, 0.29) is 16.9 Å². The third-order valence-corrected chi connectivity index (χ3v) is 15.9. The zero-order valence-electron chi connectivity index (χ0n) is 37.4. The second-order valence-corrected chi connectivity index (χ2v) is 19.6. The van der Waals surface area contributed by atoms with E-state index < -0.39 is 0 Å². The molecule has 6 aromatic rings. The molecule has 7 aliphatic rings. The first kappa shape index (κ1) is 38.5. The van der Waals surface area contributed by atoms with E-state index in [1.807, 2.05) is 0 Å². The van der Waals surface area contributed by atoms with E-state index in [9.17, 15) is 0 Å². The molecule has 13 rings (SSSR count). The van der Waals surface area contributed by atoms with E-state index in [1.165, 1.54) is 94.9 Å².